The molecule has 1 aromatic rings. The van der Waals surface area contributed by atoms with Gasteiger partial charge in [0, 0.05) is 16.5 Å². The SMILES string of the molecule is CCCCCNC(=O)[C@@H](CCC[NH-])NC(=O)CCCc1ccc(I)cc1.[Rb+]. The van der Waals surface area contributed by atoms with Gasteiger partial charge in [-0.1, -0.05) is 38.3 Å². The molecule has 0 saturated carbocycles. The van der Waals surface area contributed by atoms with Gasteiger partial charge in [-0.05, 0) is 66.0 Å². The Labute approximate surface area is 226 Å². The van der Waals surface area contributed by atoms with E-state index in [1.54, 1.807) is 0 Å². The van der Waals surface area contributed by atoms with Gasteiger partial charge in [-0.25, -0.2) is 0 Å². The van der Waals surface area contributed by atoms with Gasteiger partial charge in [0.15, 0.2) is 0 Å². The summed E-state index contributed by atoms with van der Waals surface area (Å²) in [6, 6.07) is 7.78. The number of rotatable bonds is 13. The van der Waals surface area contributed by atoms with Gasteiger partial charge in [0.1, 0.15) is 6.04 Å². The van der Waals surface area contributed by atoms with Crippen LogP contribution in [0.2, 0.25) is 0 Å². The van der Waals surface area contributed by atoms with E-state index in [0.29, 0.717) is 25.8 Å². The molecule has 0 aromatic heterocycles. The Morgan fingerprint density at radius 1 is 1.11 bits per heavy atom. The molecule has 7 heteroatoms. The van der Waals surface area contributed by atoms with Crippen molar-refractivity contribution in [2.75, 3.05) is 13.1 Å². The predicted octanol–water partition coefficient (Wildman–Crippen LogP) is 1.24. The van der Waals surface area contributed by atoms with Crippen LogP contribution in [-0.4, -0.2) is 30.9 Å². The maximum absolute atomic E-state index is 12.3. The molecule has 0 aliphatic carbocycles. The van der Waals surface area contributed by atoms with Crippen LogP contribution in [-0.2, 0) is 16.0 Å². The second-order valence-corrected chi connectivity index (χ2v) is 7.74. The number of benzene rings is 1. The second-order valence-electron chi connectivity index (χ2n) is 6.49. The van der Waals surface area contributed by atoms with Crippen molar-refractivity contribution in [1.82, 2.24) is 10.6 Å². The van der Waals surface area contributed by atoms with Crippen molar-refractivity contribution < 1.29 is 67.8 Å². The van der Waals surface area contributed by atoms with Gasteiger partial charge < -0.3 is 16.4 Å². The van der Waals surface area contributed by atoms with Gasteiger partial charge in [0.25, 0.3) is 0 Å². The van der Waals surface area contributed by atoms with Crippen molar-refractivity contribution in [3.05, 3.63) is 39.1 Å². The summed E-state index contributed by atoms with van der Waals surface area (Å²) in [7, 11) is 0. The molecule has 0 aliphatic heterocycles. The van der Waals surface area contributed by atoms with Gasteiger partial charge in [0.2, 0.25) is 11.8 Å². The second kappa shape index (κ2) is 17.5. The standard InChI is InChI=1S/C20H31IN3O2.Rb/c1-2-3-4-15-23-20(26)18(8-6-14-22)24-19(25)9-5-7-16-10-12-17(21)13-11-16;/h10-13,18,22H,2-9,14-15H2,1H3,(H,23,26)(H,24,25);/q-1;+1/t18-;/m1./s1. The number of halogens is 1. The Kier molecular flexibility index (Phi) is 17.9. The number of aryl methyl sites for hydroxylation is 1. The Hall–Kier alpha value is 0.655. The molecule has 0 radical (unpaired) electrons. The van der Waals surface area contributed by atoms with E-state index in [1.807, 2.05) is 0 Å². The van der Waals surface area contributed by atoms with Crippen LogP contribution in [0.15, 0.2) is 24.3 Å². The summed E-state index contributed by atoms with van der Waals surface area (Å²) in [5, 5.41) is 5.76. The third-order valence-corrected chi connectivity index (χ3v) is 4.90. The van der Waals surface area contributed by atoms with Crippen LogP contribution in [0.3, 0.4) is 0 Å². The Morgan fingerprint density at radius 2 is 1.81 bits per heavy atom. The van der Waals surface area contributed by atoms with E-state index in [2.05, 4.69) is 64.4 Å². The van der Waals surface area contributed by atoms with E-state index in [0.717, 1.165) is 32.1 Å². The maximum Gasteiger partial charge on any atom is 1.00 e. The number of unbranched alkanes of at least 4 members (excludes halogenated alkanes) is 2. The van der Waals surface area contributed by atoms with Crippen molar-refractivity contribution in [3.8, 4) is 0 Å². The molecule has 27 heavy (non-hydrogen) atoms. The monoisotopic (exact) mass is 557 g/mol. The van der Waals surface area contributed by atoms with Crippen LogP contribution in [0.1, 0.15) is 57.4 Å². The van der Waals surface area contributed by atoms with Gasteiger partial charge in [0.05, 0.1) is 0 Å². The zero-order chi connectivity index (χ0) is 19.2. The molecule has 3 N–H and O–H groups in total. The minimum atomic E-state index is -0.521. The first-order valence-corrected chi connectivity index (χ1v) is 10.6. The molecule has 1 aromatic carbocycles. The van der Waals surface area contributed by atoms with E-state index < -0.39 is 6.04 Å². The van der Waals surface area contributed by atoms with Crippen molar-refractivity contribution in [2.45, 2.75) is 64.3 Å². The number of hydrogen-bond acceptors (Lipinski definition) is 2. The number of carbonyl (C=O) groups is 2. The van der Waals surface area contributed by atoms with E-state index >= 15 is 0 Å². The van der Waals surface area contributed by atoms with E-state index in [1.165, 1.54) is 9.13 Å². The van der Waals surface area contributed by atoms with Crippen molar-refractivity contribution >= 4 is 34.4 Å². The number of hydrogen-bond donors (Lipinski definition) is 2. The summed E-state index contributed by atoms with van der Waals surface area (Å²) < 4.78 is 1.20. The third-order valence-electron chi connectivity index (χ3n) is 4.18. The van der Waals surface area contributed by atoms with Gasteiger partial charge in [-0.3, -0.25) is 9.59 Å². The summed E-state index contributed by atoms with van der Waals surface area (Å²) in [5.41, 5.74) is 8.51. The fourth-order valence-electron chi connectivity index (χ4n) is 2.66. The van der Waals surface area contributed by atoms with Crippen LogP contribution >= 0.6 is 22.6 Å². The molecular weight excluding hydrogens is 527 g/mol. The van der Waals surface area contributed by atoms with Crippen LogP contribution in [0.4, 0.5) is 0 Å². The molecule has 1 rings (SSSR count). The molecule has 0 bridgehead atoms. The molecule has 0 heterocycles. The van der Waals surface area contributed by atoms with E-state index in [4.69, 9.17) is 5.73 Å². The zero-order valence-electron chi connectivity index (χ0n) is 16.7. The van der Waals surface area contributed by atoms with Gasteiger partial charge >= 0.3 is 58.2 Å². The normalized spacial score (nSPS) is 11.4. The van der Waals surface area contributed by atoms with Crippen molar-refractivity contribution in [3.63, 3.8) is 0 Å². The summed E-state index contributed by atoms with van der Waals surface area (Å²) >= 11 is 2.27. The Morgan fingerprint density at radius 3 is 2.44 bits per heavy atom. The average molecular weight is 558 g/mol. The minimum absolute atomic E-state index is 0. The summed E-state index contributed by atoms with van der Waals surface area (Å²) in [5.74, 6) is -0.213. The average Bonchev–Trinajstić information content (AvgIpc) is 2.63. The first kappa shape index (κ1) is 27.7. The largest absolute Gasteiger partial charge is 1.00 e. The van der Waals surface area contributed by atoms with Crippen LogP contribution < -0.4 is 68.8 Å². The molecule has 5 nitrogen and oxygen atoms in total. The molecule has 0 fully saturated rings. The van der Waals surface area contributed by atoms with Gasteiger partial charge in [-0.15, -0.1) is 0 Å². The number of amides is 2. The number of carbonyl (C=O) groups excluding carboxylic acids is 2. The third kappa shape index (κ3) is 13.5. The molecule has 1 atom stereocenters. The van der Waals surface area contributed by atoms with Crippen LogP contribution in [0.25, 0.3) is 5.73 Å². The fourth-order valence-corrected chi connectivity index (χ4v) is 3.02. The number of nitrogens with one attached hydrogen (secondary N) is 3. The molecule has 2 amide bonds. The quantitative estimate of drug-likeness (QED) is 0.283. The molecule has 146 valence electrons. The van der Waals surface area contributed by atoms with Crippen LogP contribution in [0, 0.1) is 3.57 Å². The molecule has 0 saturated heterocycles. The van der Waals surface area contributed by atoms with Gasteiger partial charge in [-0.2, -0.15) is 6.54 Å². The molecule has 0 unspecified atom stereocenters. The zero-order valence-corrected chi connectivity index (χ0v) is 23.7. The van der Waals surface area contributed by atoms with Crippen molar-refractivity contribution in [2.24, 2.45) is 0 Å². The first-order chi connectivity index (χ1) is 12.6. The Bertz CT molecular complexity index is 541. The summed E-state index contributed by atoms with van der Waals surface area (Å²) in [6.07, 6.45) is 6.30. The molecular formula is C20H31IN3O2Rb. The fraction of sp³-hybridized carbons (Fsp3) is 0.600. The molecule has 0 aliphatic rings. The first-order valence-electron chi connectivity index (χ1n) is 9.53. The van der Waals surface area contributed by atoms with E-state index in [-0.39, 0.29) is 76.5 Å². The van der Waals surface area contributed by atoms with E-state index in [9.17, 15) is 9.59 Å². The predicted molar refractivity (Wildman–Crippen MR) is 115 cm³/mol. The summed E-state index contributed by atoms with van der Waals surface area (Å²) in [6.45, 7) is 3.03. The molecule has 0 spiro atoms. The summed E-state index contributed by atoms with van der Waals surface area (Å²) in [4.78, 5) is 24.5. The smallest absolute Gasteiger partial charge is 0.677 e. The maximum atomic E-state index is 12.3. The topological polar surface area (TPSA) is 82.0 Å². The van der Waals surface area contributed by atoms with Crippen molar-refractivity contribution in [1.29, 1.82) is 0 Å². The Balaban J connectivity index is 0.00000676. The minimum Gasteiger partial charge on any atom is -0.677 e. The van der Waals surface area contributed by atoms with Crippen LogP contribution in [0.5, 0.6) is 0 Å².